The van der Waals surface area contributed by atoms with Gasteiger partial charge >= 0.3 is 0 Å². The number of benzene rings is 1. The topological polar surface area (TPSA) is 49.3 Å². The van der Waals surface area contributed by atoms with E-state index in [-0.39, 0.29) is 18.0 Å². The van der Waals surface area contributed by atoms with Crippen LogP contribution in [0.3, 0.4) is 0 Å². The summed E-state index contributed by atoms with van der Waals surface area (Å²) in [5.74, 6) is 0.683. The van der Waals surface area contributed by atoms with Crippen LogP contribution < -0.4 is 5.32 Å². The second-order valence-corrected chi connectivity index (χ2v) is 6.39. The highest BCUT2D eigenvalue weighted by molar-refractivity contribution is 9.10. The summed E-state index contributed by atoms with van der Waals surface area (Å²) in [6.07, 6.45) is 0.671. The van der Waals surface area contributed by atoms with Crippen molar-refractivity contribution in [2.24, 2.45) is 0 Å². The zero-order valence-electron chi connectivity index (χ0n) is 9.58. The molecule has 1 fully saturated rings. The fraction of sp³-hybridized carbons (Fsp3) is 0.417. The monoisotopic (exact) mass is 333 g/mol. The van der Waals surface area contributed by atoms with Gasteiger partial charge in [0.1, 0.15) is 5.82 Å². The second kappa shape index (κ2) is 5.59. The Kier molecular flexibility index (Phi) is 4.29. The molecule has 1 heterocycles. The van der Waals surface area contributed by atoms with Gasteiger partial charge in [-0.15, -0.1) is 0 Å². The Hall–Kier alpha value is -0.590. The summed E-state index contributed by atoms with van der Waals surface area (Å²) in [7, 11) is 0. The summed E-state index contributed by atoms with van der Waals surface area (Å²) in [6.45, 7) is 0.201. The zero-order valence-corrected chi connectivity index (χ0v) is 12.0. The third-order valence-corrected chi connectivity index (χ3v) is 4.48. The van der Waals surface area contributed by atoms with E-state index in [9.17, 15) is 14.3 Å². The van der Waals surface area contributed by atoms with E-state index in [0.717, 1.165) is 5.75 Å². The smallest absolute Gasteiger partial charge is 0.251 e. The summed E-state index contributed by atoms with van der Waals surface area (Å²) in [6, 6.07) is 4.01. The van der Waals surface area contributed by atoms with E-state index >= 15 is 0 Å². The van der Waals surface area contributed by atoms with Crippen LogP contribution in [0.5, 0.6) is 0 Å². The third kappa shape index (κ3) is 3.46. The second-order valence-electron chi connectivity index (χ2n) is 4.37. The van der Waals surface area contributed by atoms with Crippen LogP contribution in [0.4, 0.5) is 4.39 Å². The van der Waals surface area contributed by atoms with Crippen molar-refractivity contribution in [2.45, 2.75) is 12.0 Å². The van der Waals surface area contributed by atoms with Crippen molar-refractivity contribution >= 4 is 33.6 Å². The number of rotatable bonds is 3. The predicted octanol–water partition coefficient (Wildman–Crippen LogP) is 2.19. The van der Waals surface area contributed by atoms with Crippen LogP contribution >= 0.6 is 27.7 Å². The molecule has 1 aromatic carbocycles. The first kappa shape index (κ1) is 13.8. The molecule has 1 aromatic rings. The minimum atomic E-state index is -0.828. The van der Waals surface area contributed by atoms with Crippen LogP contribution in [0.2, 0.25) is 0 Å². The number of carbonyl (C=O) groups is 1. The molecule has 0 radical (unpaired) electrons. The van der Waals surface area contributed by atoms with Crippen LogP contribution in [0, 0.1) is 5.82 Å². The van der Waals surface area contributed by atoms with Crippen molar-refractivity contribution in [2.75, 3.05) is 18.1 Å². The first-order valence-electron chi connectivity index (χ1n) is 5.53. The molecule has 1 unspecified atom stereocenters. The molecule has 1 aliphatic rings. The van der Waals surface area contributed by atoms with Crippen molar-refractivity contribution in [3.8, 4) is 0 Å². The van der Waals surface area contributed by atoms with E-state index < -0.39 is 11.4 Å². The lowest BCUT2D eigenvalue weighted by molar-refractivity contribution is 0.0612. The Morgan fingerprint density at radius 2 is 2.33 bits per heavy atom. The molecular weight excluding hydrogens is 321 g/mol. The number of halogens is 2. The standard InChI is InChI=1S/C12H13BrFNO2S/c13-9-3-8(4-10(14)5-9)11(16)15-6-12(17)1-2-18-7-12/h3-5,17H,1-2,6-7H2,(H,15,16). The normalized spacial score (nSPS) is 23.1. The maximum Gasteiger partial charge on any atom is 0.251 e. The molecule has 1 saturated heterocycles. The van der Waals surface area contributed by atoms with Gasteiger partial charge in [0.05, 0.1) is 5.60 Å². The molecule has 1 amide bonds. The molecule has 98 valence electrons. The maximum absolute atomic E-state index is 13.1. The molecule has 2 rings (SSSR count). The number of amides is 1. The van der Waals surface area contributed by atoms with Gasteiger partial charge in [-0.2, -0.15) is 11.8 Å². The van der Waals surface area contributed by atoms with Gasteiger partial charge < -0.3 is 10.4 Å². The molecule has 0 bridgehead atoms. The molecule has 3 nitrogen and oxygen atoms in total. The Morgan fingerprint density at radius 3 is 2.94 bits per heavy atom. The average molecular weight is 334 g/mol. The van der Waals surface area contributed by atoms with Crippen molar-refractivity contribution in [1.29, 1.82) is 0 Å². The Labute approximate surface area is 117 Å². The zero-order chi connectivity index (χ0) is 13.2. The number of hydrogen-bond acceptors (Lipinski definition) is 3. The Morgan fingerprint density at radius 1 is 1.56 bits per heavy atom. The van der Waals surface area contributed by atoms with Gasteiger partial charge in [-0.05, 0) is 30.4 Å². The number of aliphatic hydroxyl groups is 1. The van der Waals surface area contributed by atoms with Gasteiger partial charge in [0.2, 0.25) is 0 Å². The van der Waals surface area contributed by atoms with Gasteiger partial charge in [0.25, 0.3) is 5.91 Å². The molecule has 0 aromatic heterocycles. The Balaban J connectivity index is 1.99. The highest BCUT2D eigenvalue weighted by Crippen LogP contribution is 2.27. The van der Waals surface area contributed by atoms with E-state index in [2.05, 4.69) is 21.2 Å². The van der Waals surface area contributed by atoms with Crippen molar-refractivity contribution < 1.29 is 14.3 Å². The summed E-state index contributed by atoms with van der Waals surface area (Å²) in [4.78, 5) is 11.8. The minimum absolute atomic E-state index is 0.201. The average Bonchev–Trinajstić information content (AvgIpc) is 2.72. The highest BCUT2D eigenvalue weighted by Gasteiger charge is 2.32. The van der Waals surface area contributed by atoms with Crippen molar-refractivity contribution in [1.82, 2.24) is 5.32 Å². The predicted molar refractivity (Wildman–Crippen MR) is 73.3 cm³/mol. The molecule has 0 spiro atoms. The highest BCUT2D eigenvalue weighted by atomic mass is 79.9. The lowest BCUT2D eigenvalue weighted by Gasteiger charge is -2.21. The van der Waals surface area contributed by atoms with E-state index in [4.69, 9.17) is 0 Å². The van der Waals surface area contributed by atoms with Crippen LogP contribution in [0.25, 0.3) is 0 Å². The summed E-state index contributed by atoms with van der Waals surface area (Å²) in [5.41, 5.74) is -0.582. The van der Waals surface area contributed by atoms with Crippen molar-refractivity contribution in [3.63, 3.8) is 0 Å². The Bertz CT molecular complexity index is 443. The largest absolute Gasteiger partial charge is 0.387 e. The number of hydrogen-bond donors (Lipinski definition) is 2. The van der Waals surface area contributed by atoms with Gasteiger partial charge in [0.15, 0.2) is 0 Å². The lowest BCUT2D eigenvalue weighted by atomic mass is 10.0. The van der Waals surface area contributed by atoms with Crippen LogP contribution in [0.15, 0.2) is 22.7 Å². The van der Waals surface area contributed by atoms with Crippen LogP contribution in [-0.4, -0.2) is 34.7 Å². The lowest BCUT2D eigenvalue weighted by Crippen LogP contribution is -2.42. The number of carbonyl (C=O) groups excluding carboxylic acids is 1. The first-order valence-corrected chi connectivity index (χ1v) is 7.48. The fourth-order valence-electron chi connectivity index (χ4n) is 1.77. The molecule has 1 aliphatic heterocycles. The SMILES string of the molecule is O=C(NCC1(O)CCSC1)c1cc(F)cc(Br)c1. The van der Waals surface area contributed by atoms with E-state index in [1.54, 1.807) is 17.8 Å². The molecule has 0 saturated carbocycles. The molecular formula is C12H13BrFNO2S. The summed E-state index contributed by atoms with van der Waals surface area (Å²) >= 11 is 4.80. The minimum Gasteiger partial charge on any atom is -0.387 e. The molecule has 1 atom stereocenters. The van der Waals surface area contributed by atoms with Gasteiger partial charge in [0, 0.05) is 22.3 Å². The van der Waals surface area contributed by atoms with E-state index in [1.807, 2.05) is 0 Å². The molecule has 2 N–H and O–H groups in total. The van der Waals surface area contributed by atoms with E-state index in [0.29, 0.717) is 16.6 Å². The van der Waals surface area contributed by atoms with Crippen molar-refractivity contribution in [3.05, 3.63) is 34.1 Å². The van der Waals surface area contributed by atoms with Crippen LogP contribution in [-0.2, 0) is 0 Å². The summed E-state index contributed by atoms with van der Waals surface area (Å²) in [5, 5.41) is 12.7. The van der Waals surface area contributed by atoms with Gasteiger partial charge in [-0.25, -0.2) is 4.39 Å². The molecule has 0 aliphatic carbocycles. The maximum atomic E-state index is 13.1. The quantitative estimate of drug-likeness (QED) is 0.891. The van der Waals surface area contributed by atoms with E-state index in [1.165, 1.54) is 12.1 Å². The fourth-order valence-corrected chi connectivity index (χ4v) is 3.53. The summed E-state index contributed by atoms with van der Waals surface area (Å²) < 4.78 is 13.7. The number of nitrogens with one attached hydrogen (secondary N) is 1. The van der Waals surface area contributed by atoms with Gasteiger partial charge in [-0.1, -0.05) is 15.9 Å². The number of thioether (sulfide) groups is 1. The van der Waals surface area contributed by atoms with Gasteiger partial charge in [-0.3, -0.25) is 4.79 Å². The third-order valence-electron chi connectivity index (χ3n) is 2.79. The first-order chi connectivity index (χ1) is 8.48. The molecule has 6 heteroatoms. The molecule has 18 heavy (non-hydrogen) atoms. The van der Waals surface area contributed by atoms with Crippen LogP contribution in [0.1, 0.15) is 16.8 Å².